The SMILES string of the molecule is Cc1nn(Cc2ccc(C(=O)Nc3ccccc3)o2)c(C)c1Br. The summed E-state index contributed by atoms with van der Waals surface area (Å²) in [5, 5.41) is 7.23. The van der Waals surface area contributed by atoms with Crippen molar-refractivity contribution in [1.82, 2.24) is 9.78 Å². The minimum atomic E-state index is -0.267. The van der Waals surface area contributed by atoms with Gasteiger partial charge in [0.05, 0.1) is 22.4 Å². The van der Waals surface area contributed by atoms with Gasteiger partial charge in [0.25, 0.3) is 5.91 Å². The zero-order chi connectivity index (χ0) is 16.4. The molecule has 0 aliphatic carbocycles. The highest BCUT2D eigenvalue weighted by Crippen LogP contribution is 2.21. The van der Waals surface area contributed by atoms with Crippen LogP contribution in [0.3, 0.4) is 0 Å². The van der Waals surface area contributed by atoms with Crippen LogP contribution in [0.25, 0.3) is 0 Å². The number of para-hydroxylation sites is 1. The third-order valence-corrected chi connectivity index (χ3v) is 4.66. The van der Waals surface area contributed by atoms with Gasteiger partial charge in [-0.3, -0.25) is 9.48 Å². The number of hydrogen-bond donors (Lipinski definition) is 1. The lowest BCUT2D eigenvalue weighted by atomic mass is 10.3. The highest BCUT2D eigenvalue weighted by Gasteiger charge is 2.14. The van der Waals surface area contributed by atoms with Crippen LogP contribution in [0.5, 0.6) is 0 Å². The van der Waals surface area contributed by atoms with Crippen LogP contribution < -0.4 is 5.32 Å². The molecule has 0 saturated heterocycles. The van der Waals surface area contributed by atoms with Crippen LogP contribution in [0, 0.1) is 13.8 Å². The molecule has 1 aromatic carbocycles. The van der Waals surface area contributed by atoms with Crippen molar-refractivity contribution in [2.24, 2.45) is 0 Å². The molecule has 0 aliphatic rings. The molecule has 23 heavy (non-hydrogen) atoms. The van der Waals surface area contributed by atoms with E-state index in [-0.39, 0.29) is 11.7 Å². The van der Waals surface area contributed by atoms with Gasteiger partial charge < -0.3 is 9.73 Å². The van der Waals surface area contributed by atoms with Gasteiger partial charge in [-0.05, 0) is 54.0 Å². The number of nitrogens with one attached hydrogen (secondary N) is 1. The van der Waals surface area contributed by atoms with Gasteiger partial charge in [0.15, 0.2) is 5.76 Å². The largest absolute Gasteiger partial charge is 0.454 e. The van der Waals surface area contributed by atoms with Crippen molar-refractivity contribution in [2.45, 2.75) is 20.4 Å². The van der Waals surface area contributed by atoms with E-state index in [2.05, 4.69) is 26.3 Å². The van der Waals surface area contributed by atoms with Crippen LogP contribution in [0.15, 0.2) is 51.4 Å². The third-order valence-electron chi connectivity index (χ3n) is 3.52. The average molecular weight is 374 g/mol. The van der Waals surface area contributed by atoms with E-state index >= 15 is 0 Å². The number of carbonyl (C=O) groups is 1. The molecule has 1 N–H and O–H groups in total. The Hall–Kier alpha value is -2.34. The average Bonchev–Trinajstić information content (AvgIpc) is 3.10. The second-order valence-corrected chi connectivity index (χ2v) is 6.02. The van der Waals surface area contributed by atoms with Crippen molar-refractivity contribution in [3.8, 4) is 0 Å². The van der Waals surface area contributed by atoms with E-state index in [1.165, 1.54) is 0 Å². The van der Waals surface area contributed by atoms with E-state index in [0.29, 0.717) is 12.3 Å². The van der Waals surface area contributed by atoms with Gasteiger partial charge in [-0.2, -0.15) is 5.10 Å². The fraction of sp³-hybridized carbons (Fsp3) is 0.176. The molecule has 3 aromatic rings. The Labute approximate surface area is 142 Å². The molecule has 0 unspecified atom stereocenters. The van der Waals surface area contributed by atoms with Crippen molar-refractivity contribution >= 4 is 27.5 Å². The lowest BCUT2D eigenvalue weighted by Gasteiger charge is -2.03. The van der Waals surface area contributed by atoms with Crippen LogP contribution >= 0.6 is 15.9 Å². The van der Waals surface area contributed by atoms with Crippen molar-refractivity contribution in [3.05, 3.63) is 69.8 Å². The molecule has 2 aromatic heterocycles. The number of hydrogen-bond acceptors (Lipinski definition) is 3. The summed E-state index contributed by atoms with van der Waals surface area (Å²) in [6.45, 7) is 4.40. The number of aryl methyl sites for hydroxylation is 1. The minimum Gasteiger partial charge on any atom is -0.454 e. The highest BCUT2D eigenvalue weighted by atomic mass is 79.9. The van der Waals surface area contributed by atoms with Gasteiger partial charge in [0, 0.05) is 5.69 Å². The van der Waals surface area contributed by atoms with Crippen LogP contribution in [0.1, 0.15) is 27.7 Å². The van der Waals surface area contributed by atoms with Gasteiger partial charge in [-0.1, -0.05) is 18.2 Å². The number of furan rings is 1. The molecule has 0 radical (unpaired) electrons. The first-order valence-electron chi connectivity index (χ1n) is 7.19. The van der Waals surface area contributed by atoms with Gasteiger partial charge in [-0.25, -0.2) is 0 Å². The second kappa shape index (κ2) is 6.42. The van der Waals surface area contributed by atoms with Gasteiger partial charge in [0.1, 0.15) is 5.76 Å². The van der Waals surface area contributed by atoms with Crippen LogP contribution in [-0.4, -0.2) is 15.7 Å². The number of carbonyl (C=O) groups excluding carboxylic acids is 1. The number of halogens is 1. The minimum absolute atomic E-state index is 0.267. The van der Waals surface area contributed by atoms with Crippen molar-refractivity contribution in [2.75, 3.05) is 5.32 Å². The maximum absolute atomic E-state index is 12.2. The summed E-state index contributed by atoms with van der Waals surface area (Å²) >= 11 is 3.50. The fourth-order valence-electron chi connectivity index (χ4n) is 2.28. The number of aromatic nitrogens is 2. The molecule has 0 spiro atoms. The lowest BCUT2D eigenvalue weighted by Crippen LogP contribution is -2.10. The van der Waals surface area contributed by atoms with Crippen molar-refractivity contribution in [1.29, 1.82) is 0 Å². The summed E-state index contributed by atoms with van der Waals surface area (Å²) < 4.78 is 8.47. The summed E-state index contributed by atoms with van der Waals surface area (Å²) in [5.41, 5.74) is 2.68. The smallest absolute Gasteiger partial charge is 0.291 e. The number of amides is 1. The topological polar surface area (TPSA) is 60.1 Å². The summed E-state index contributed by atoms with van der Waals surface area (Å²) in [4.78, 5) is 12.2. The molecule has 6 heteroatoms. The Bertz CT molecular complexity index is 837. The standard InChI is InChI=1S/C17H16BrN3O2/c1-11-16(18)12(2)21(20-11)10-14-8-9-15(23-14)17(22)19-13-6-4-3-5-7-13/h3-9H,10H2,1-2H3,(H,19,22). The van der Waals surface area contributed by atoms with Crippen molar-refractivity contribution < 1.29 is 9.21 Å². The molecule has 0 saturated carbocycles. The van der Waals surface area contributed by atoms with E-state index in [1.54, 1.807) is 12.1 Å². The van der Waals surface area contributed by atoms with Gasteiger partial charge >= 0.3 is 0 Å². The number of rotatable bonds is 4. The van der Waals surface area contributed by atoms with E-state index in [0.717, 1.165) is 21.5 Å². The third kappa shape index (κ3) is 3.37. The number of anilines is 1. The lowest BCUT2D eigenvalue weighted by molar-refractivity contribution is 0.0994. The Kier molecular flexibility index (Phi) is 4.34. The fourth-order valence-corrected chi connectivity index (χ4v) is 2.56. The molecular formula is C17H16BrN3O2. The van der Waals surface area contributed by atoms with Crippen LogP contribution in [0.4, 0.5) is 5.69 Å². The molecule has 0 bridgehead atoms. The predicted octanol–water partition coefficient (Wildman–Crippen LogP) is 4.16. The van der Waals surface area contributed by atoms with E-state index in [9.17, 15) is 4.79 Å². The molecule has 3 rings (SSSR count). The Morgan fingerprint density at radius 1 is 1.22 bits per heavy atom. The van der Waals surface area contributed by atoms with Gasteiger partial charge in [0.2, 0.25) is 0 Å². The molecule has 0 aliphatic heterocycles. The molecule has 0 atom stereocenters. The summed E-state index contributed by atoms with van der Waals surface area (Å²) in [7, 11) is 0. The molecule has 0 fully saturated rings. The zero-order valence-corrected chi connectivity index (χ0v) is 14.4. The maximum Gasteiger partial charge on any atom is 0.291 e. The molecular weight excluding hydrogens is 358 g/mol. The first-order valence-corrected chi connectivity index (χ1v) is 7.98. The second-order valence-electron chi connectivity index (χ2n) is 5.23. The van der Waals surface area contributed by atoms with Gasteiger partial charge in [-0.15, -0.1) is 0 Å². The van der Waals surface area contributed by atoms with Crippen molar-refractivity contribution in [3.63, 3.8) is 0 Å². The summed E-state index contributed by atoms with van der Waals surface area (Å²) in [6.07, 6.45) is 0. The van der Waals surface area contributed by atoms with E-state index in [4.69, 9.17) is 4.42 Å². The summed E-state index contributed by atoms with van der Waals surface area (Å²) in [6, 6.07) is 12.8. The van der Waals surface area contributed by atoms with E-state index in [1.807, 2.05) is 48.9 Å². The molecule has 5 nitrogen and oxygen atoms in total. The monoisotopic (exact) mass is 373 g/mol. The number of nitrogens with zero attached hydrogens (tertiary/aromatic N) is 2. The zero-order valence-electron chi connectivity index (χ0n) is 12.8. The molecule has 2 heterocycles. The quantitative estimate of drug-likeness (QED) is 0.746. The molecule has 118 valence electrons. The maximum atomic E-state index is 12.2. The summed E-state index contributed by atoms with van der Waals surface area (Å²) in [5.74, 6) is 0.697. The Morgan fingerprint density at radius 2 is 1.96 bits per heavy atom. The number of benzene rings is 1. The predicted molar refractivity (Wildman–Crippen MR) is 91.6 cm³/mol. The Morgan fingerprint density at radius 3 is 2.61 bits per heavy atom. The normalized spacial score (nSPS) is 10.7. The molecule has 1 amide bonds. The Balaban J connectivity index is 1.72. The highest BCUT2D eigenvalue weighted by molar-refractivity contribution is 9.10. The van der Waals surface area contributed by atoms with E-state index < -0.39 is 0 Å². The van der Waals surface area contributed by atoms with Crippen LogP contribution in [0.2, 0.25) is 0 Å². The first-order chi connectivity index (χ1) is 11.0. The van der Waals surface area contributed by atoms with Crippen LogP contribution in [-0.2, 0) is 6.54 Å². The first kappa shape index (κ1) is 15.6.